The summed E-state index contributed by atoms with van der Waals surface area (Å²) in [6.07, 6.45) is 7.39. The van der Waals surface area contributed by atoms with E-state index >= 15 is 0 Å². The number of aliphatic hydroxyl groups excluding tert-OH is 1. The fourth-order valence-electron chi connectivity index (χ4n) is 3.84. The predicted molar refractivity (Wildman–Crippen MR) is 69.6 cm³/mol. The molecule has 2 aliphatic rings. The topological polar surface area (TPSA) is 40.5 Å². The Bertz CT molecular complexity index is 319. The molecule has 2 aliphatic carbocycles. The van der Waals surface area contributed by atoms with E-state index in [0.717, 1.165) is 32.1 Å². The van der Waals surface area contributed by atoms with Crippen molar-refractivity contribution in [3.8, 4) is 0 Å². The minimum atomic E-state index is -0.561. The quantitative estimate of drug-likeness (QED) is 0.690. The number of hydrogen-bond donors (Lipinski definition) is 2. The molecule has 0 radical (unpaired) electrons. The molecule has 0 saturated heterocycles. The molecule has 0 aliphatic heterocycles. The van der Waals surface area contributed by atoms with Crippen LogP contribution in [0.3, 0.4) is 0 Å². The summed E-state index contributed by atoms with van der Waals surface area (Å²) in [5, 5.41) is 20.4. The van der Waals surface area contributed by atoms with Gasteiger partial charge in [-0.1, -0.05) is 18.6 Å². The van der Waals surface area contributed by atoms with Crippen LogP contribution in [-0.2, 0) is 0 Å². The first-order valence-corrected chi connectivity index (χ1v) is 6.89. The molecule has 0 heterocycles. The Kier molecular flexibility index (Phi) is 3.39. The van der Waals surface area contributed by atoms with Crippen molar-refractivity contribution in [1.29, 1.82) is 0 Å². The maximum Gasteiger partial charge on any atom is 0.0653 e. The van der Waals surface area contributed by atoms with Crippen LogP contribution in [0.5, 0.6) is 0 Å². The molecule has 17 heavy (non-hydrogen) atoms. The minimum Gasteiger partial charge on any atom is -0.396 e. The van der Waals surface area contributed by atoms with E-state index in [2.05, 4.69) is 19.9 Å². The lowest BCUT2D eigenvalue weighted by molar-refractivity contribution is -0.0477. The molecular weight excluding hydrogens is 212 g/mol. The first-order chi connectivity index (χ1) is 7.89. The Balaban J connectivity index is 2.39. The lowest BCUT2D eigenvalue weighted by atomic mass is 9.63. The molecule has 0 spiro atoms. The second-order valence-electron chi connectivity index (χ2n) is 6.71. The fourth-order valence-corrected chi connectivity index (χ4v) is 3.84. The molecule has 1 saturated carbocycles. The SMILES string of the molecule is CC1=C[C@@H]2[C@@H](CC1)[C@@](C)(O)CCC[C@]2(C)CO. The Hall–Kier alpha value is -0.340. The molecule has 4 atom stereocenters. The van der Waals surface area contributed by atoms with Crippen molar-refractivity contribution in [3.63, 3.8) is 0 Å². The third-order valence-electron chi connectivity index (χ3n) is 5.14. The highest BCUT2D eigenvalue weighted by atomic mass is 16.3. The molecule has 2 N–H and O–H groups in total. The van der Waals surface area contributed by atoms with E-state index in [9.17, 15) is 10.2 Å². The minimum absolute atomic E-state index is 0.0488. The van der Waals surface area contributed by atoms with Gasteiger partial charge in [0.05, 0.1) is 5.60 Å². The van der Waals surface area contributed by atoms with Gasteiger partial charge < -0.3 is 10.2 Å². The van der Waals surface area contributed by atoms with Crippen LogP contribution in [0, 0.1) is 17.3 Å². The molecule has 0 bridgehead atoms. The van der Waals surface area contributed by atoms with Gasteiger partial charge in [-0.2, -0.15) is 0 Å². The van der Waals surface area contributed by atoms with Crippen LogP contribution < -0.4 is 0 Å². The van der Waals surface area contributed by atoms with Gasteiger partial charge in [0.15, 0.2) is 0 Å². The number of fused-ring (bicyclic) bond motifs is 1. The average Bonchev–Trinajstić information content (AvgIpc) is 2.36. The summed E-state index contributed by atoms with van der Waals surface area (Å²) >= 11 is 0. The van der Waals surface area contributed by atoms with Crippen LogP contribution in [0.25, 0.3) is 0 Å². The smallest absolute Gasteiger partial charge is 0.0653 e. The normalized spacial score (nSPS) is 47.0. The van der Waals surface area contributed by atoms with Crippen molar-refractivity contribution in [2.75, 3.05) is 6.61 Å². The zero-order valence-corrected chi connectivity index (χ0v) is 11.4. The van der Waals surface area contributed by atoms with Crippen molar-refractivity contribution in [2.45, 2.75) is 58.5 Å². The van der Waals surface area contributed by atoms with Crippen LogP contribution in [0.4, 0.5) is 0 Å². The van der Waals surface area contributed by atoms with E-state index < -0.39 is 5.60 Å². The first-order valence-electron chi connectivity index (χ1n) is 6.89. The van der Waals surface area contributed by atoms with E-state index in [1.165, 1.54) is 5.57 Å². The highest BCUT2D eigenvalue weighted by molar-refractivity contribution is 5.14. The Morgan fingerprint density at radius 3 is 2.71 bits per heavy atom. The van der Waals surface area contributed by atoms with Crippen molar-refractivity contribution in [1.82, 2.24) is 0 Å². The van der Waals surface area contributed by atoms with Gasteiger partial charge in [-0.25, -0.2) is 0 Å². The van der Waals surface area contributed by atoms with Gasteiger partial charge in [-0.3, -0.25) is 0 Å². The summed E-state index contributed by atoms with van der Waals surface area (Å²) in [4.78, 5) is 0. The molecule has 0 amide bonds. The van der Waals surface area contributed by atoms with Crippen molar-refractivity contribution < 1.29 is 10.2 Å². The van der Waals surface area contributed by atoms with E-state index in [0.29, 0.717) is 11.8 Å². The average molecular weight is 238 g/mol. The third-order valence-corrected chi connectivity index (χ3v) is 5.14. The molecule has 2 nitrogen and oxygen atoms in total. The van der Waals surface area contributed by atoms with Crippen LogP contribution in [-0.4, -0.2) is 22.4 Å². The molecule has 0 aromatic carbocycles. The van der Waals surface area contributed by atoms with Gasteiger partial charge in [-0.05, 0) is 63.2 Å². The largest absolute Gasteiger partial charge is 0.396 e. The Morgan fingerprint density at radius 2 is 2.06 bits per heavy atom. The highest BCUT2D eigenvalue weighted by Gasteiger charge is 2.48. The van der Waals surface area contributed by atoms with E-state index in [-0.39, 0.29) is 12.0 Å². The summed E-state index contributed by atoms with van der Waals surface area (Å²) in [5.41, 5.74) is 0.811. The van der Waals surface area contributed by atoms with Crippen molar-refractivity contribution >= 4 is 0 Å². The van der Waals surface area contributed by atoms with Crippen molar-refractivity contribution in [3.05, 3.63) is 11.6 Å². The summed E-state index contributed by atoms with van der Waals surface area (Å²) < 4.78 is 0. The zero-order chi connectivity index (χ0) is 12.7. The Labute approximate surface area is 105 Å². The molecule has 98 valence electrons. The second kappa shape index (κ2) is 4.40. The maximum atomic E-state index is 10.7. The molecule has 2 rings (SSSR count). The summed E-state index contributed by atoms with van der Waals surface area (Å²) in [6, 6.07) is 0. The summed E-state index contributed by atoms with van der Waals surface area (Å²) in [5.74, 6) is 0.643. The number of allylic oxidation sites excluding steroid dienone is 2. The zero-order valence-electron chi connectivity index (χ0n) is 11.4. The molecule has 0 unspecified atom stereocenters. The van der Waals surface area contributed by atoms with Crippen LogP contribution in [0.1, 0.15) is 52.9 Å². The van der Waals surface area contributed by atoms with Gasteiger partial charge in [0, 0.05) is 6.61 Å². The van der Waals surface area contributed by atoms with Crippen LogP contribution in [0.2, 0.25) is 0 Å². The fraction of sp³-hybridized carbons (Fsp3) is 0.867. The van der Waals surface area contributed by atoms with Gasteiger partial charge in [0.2, 0.25) is 0 Å². The molecule has 2 heteroatoms. The monoisotopic (exact) mass is 238 g/mol. The van der Waals surface area contributed by atoms with Gasteiger partial charge in [0.25, 0.3) is 0 Å². The molecular formula is C15H26O2. The maximum absolute atomic E-state index is 10.7. The second-order valence-corrected chi connectivity index (χ2v) is 6.71. The van der Waals surface area contributed by atoms with E-state index in [4.69, 9.17) is 0 Å². The molecule has 0 aromatic rings. The highest BCUT2D eigenvalue weighted by Crippen LogP contribution is 2.51. The lowest BCUT2D eigenvalue weighted by Crippen LogP contribution is -2.44. The van der Waals surface area contributed by atoms with Gasteiger partial charge >= 0.3 is 0 Å². The predicted octanol–water partition coefficient (Wildman–Crippen LogP) is 2.89. The van der Waals surface area contributed by atoms with Gasteiger partial charge in [-0.15, -0.1) is 0 Å². The van der Waals surface area contributed by atoms with Crippen LogP contribution in [0.15, 0.2) is 11.6 Å². The molecule has 1 fully saturated rings. The number of hydrogen-bond acceptors (Lipinski definition) is 2. The van der Waals surface area contributed by atoms with Gasteiger partial charge in [0.1, 0.15) is 0 Å². The van der Waals surface area contributed by atoms with Crippen LogP contribution >= 0.6 is 0 Å². The first kappa shape index (κ1) is 13.1. The Morgan fingerprint density at radius 1 is 1.35 bits per heavy atom. The third kappa shape index (κ3) is 2.30. The standard InChI is InChI=1S/C15H26O2/c1-11-5-6-12-13(9-11)14(2,10-16)7-4-8-15(12,3)17/h9,12-13,16-17H,4-8,10H2,1-3H3/t12-,13-,14-,15+/m1/s1. The molecule has 0 aromatic heterocycles. The summed E-state index contributed by atoms with van der Waals surface area (Å²) in [6.45, 7) is 6.57. The number of rotatable bonds is 1. The van der Waals surface area contributed by atoms with E-state index in [1.54, 1.807) is 0 Å². The van der Waals surface area contributed by atoms with E-state index in [1.807, 2.05) is 6.92 Å². The number of aliphatic hydroxyl groups is 2. The van der Waals surface area contributed by atoms with Crippen molar-refractivity contribution in [2.24, 2.45) is 17.3 Å². The lowest BCUT2D eigenvalue weighted by Gasteiger charge is -2.44. The summed E-state index contributed by atoms with van der Waals surface area (Å²) in [7, 11) is 0.